The number of benzene rings is 2. The maximum Gasteiger partial charge on any atom is 0.432 e. The van der Waals surface area contributed by atoms with E-state index in [1.165, 1.54) is 12.1 Å². The number of nitrogens with zero attached hydrogens (tertiary/aromatic N) is 4. The lowest BCUT2D eigenvalue weighted by Gasteiger charge is -2.14. The molecule has 0 saturated carbocycles. The summed E-state index contributed by atoms with van der Waals surface area (Å²) in [5, 5.41) is 3.57. The number of likely N-dealkylation sites (N-methyl/N-ethyl adjacent to an activating group) is 1. The van der Waals surface area contributed by atoms with Gasteiger partial charge < -0.3 is 15.0 Å². The van der Waals surface area contributed by atoms with Gasteiger partial charge in [-0.3, -0.25) is 10.2 Å². The van der Waals surface area contributed by atoms with E-state index in [0.29, 0.717) is 16.6 Å². The van der Waals surface area contributed by atoms with Gasteiger partial charge in [0.15, 0.2) is 5.65 Å². The number of carbonyl (C=O) groups excluding carboxylic acids is 2. The van der Waals surface area contributed by atoms with Crippen LogP contribution in [0.3, 0.4) is 0 Å². The molecule has 0 aliphatic carbocycles. The first-order chi connectivity index (χ1) is 17.3. The summed E-state index contributed by atoms with van der Waals surface area (Å²) in [6.45, 7) is 0.0808. The number of amides is 2. The Balaban J connectivity index is 1.65. The minimum atomic E-state index is -0.930. The predicted molar refractivity (Wildman–Crippen MR) is 136 cm³/mol. The number of ether oxygens (including phenoxy) is 1. The van der Waals surface area contributed by atoms with Crippen molar-refractivity contribution in [2.75, 3.05) is 26.0 Å². The summed E-state index contributed by atoms with van der Waals surface area (Å²) in [6, 6.07) is 14.8. The van der Waals surface area contributed by atoms with E-state index in [-0.39, 0.29) is 29.8 Å². The number of aromatic nitrogens is 3. The van der Waals surface area contributed by atoms with Crippen molar-refractivity contribution in [2.45, 2.75) is 0 Å². The molecule has 0 fully saturated rings. The number of nitrogens with one attached hydrogen (secondary N) is 3. The Morgan fingerprint density at radius 2 is 1.78 bits per heavy atom. The highest BCUT2D eigenvalue weighted by Gasteiger charge is 2.18. The summed E-state index contributed by atoms with van der Waals surface area (Å²) in [7, 11) is 3.45. The molecule has 2 amide bonds. The Kier molecular flexibility index (Phi) is 7.66. The normalized spacial score (nSPS) is 10.8. The summed E-state index contributed by atoms with van der Waals surface area (Å²) in [4.78, 5) is 39.1. The van der Waals surface area contributed by atoms with Crippen molar-refractivity contribution >= 4 is 50.6 Å². The molecular weight excluding hydrogens is 533 g/mol. The number of pyridine rings is 1. The molecule has 2 aromatic heterocycles. The third-order valence-corrected chi connectivity index (χ3v) is 5.44. The summed E-state index contributed by atoms with van der Waals surface area (Å²) in [6.07, 6.45) is 0.647. The minimum absolute atomic E-state index is 0.0276. The lowest BCUT2D eigenvalue weighted by molar-refractivity contribution is -0.122. The van der Waals surface area contributed by atoms with Gasteiger partial charge in [-0.2, -0.15) is 9.97 Å². The van der Waals surface area contributed by atoms with Crippen molar-refractivity contribution in [2.24, 2.45) is 0 Å². The van der Waals surface area contributed by atoms with E-state index in [0.717, 1.165) is 10.0 Å². The standard InChI is InChI=1S/C24H21BrFN7O3/c1-33(2)13-20(34)31-32-24(35)36-22-18(17-5-3-4-6-19(17)25)11-14-12-27-23(30-21(14)29-22)28-16-9-7-15(26)8-10-16/h3-12H,13H2,1-2H3,(H,31,34)(H,32,35)(H,27,28,29,30). The predicted octanol–water partition coefficient (Wildman–Crippen LogP) is 4.02. The Bertz CT molecular complexity index is 1420. The number of hydrogen-bond acceptors (Lipinski definition) is 8. The van der Waals surface area contributed by atoms with Gasteiger partial charge in [0.1, 0.15) is 5.82 Å². The Morgan fingerprint density at radius 3 is 2.50 bits per heavy atom. The van der Waals surface area contributed by atoms with Crippen LogP contribution in [-0.4, -0.2) is 52.5 Å². The van der Waals surface area contributed by atoms with Crippen LogP contribution in [0, 0.1) is 5.82 Å². The molecule has 0 aliphatic heterocycles. The Hall–Kier alpha value is -4.16. The molecule has 0 radical (unpaired) electrons. The monoisotopic (exact) mass is 553 g/mol. The first-order valence-electron chi connectivity index (χ1n) is 10.6. The van der Waals surface area contributed by atoms with Gasteiger partial charge in [0.05, 0.1) is 6.54 Å². The third kappa shape index (κ3) is 6.29. The topological polar surface area (TPSA) is 121 Å². The van der Waals surface area contributed by atoms with E-state index in [4.69, 9.17) is 4.74 Å². The molecule has 3 N–H and O–H groups in total. The number of hydrazine groups is 1. The number of halogens is 2. The molecule has 0 unspecified atom stereocenters. The Morgan fingerprint density at radius 1 is 1.03 bits per heavy atom. The molecule has 0 bridgehead atoms. The summed E-state index contributed by atoms with van der Waals surface area (Å²) in [5.74, 6) is -0.584. The fraction of sp³-hybridized carbons (Fsp3) is 0.125. The van der Waals surface area contributed by atoms with Gasteiger partial charge in [-0.25, -0.2) is 19.6 Å². The first-order valence-corrected chi connectivity index (χ1v) is 11.4. The van der Waals surface area contributed by atoms with Gasteiger partial charge in [0.25, 0.3) is 5.91 Å². The Labute approximate surface area is 214 Å². The number of carbonyl (C=O) groups is 2. The molecule has 4 aromatic rings. The zero-order valence-corrected chi connectivity index (χ0v) is 20.8. The van der Waals surface area contributed by atoms with Crippen LogP contribution >= 0.6 is 15.9 Å². The van der Waals surface area contributed by atoms with E-state index < -0.39 is 12.0 Å². The van der Waals surface area contributed by atoms with Crippen molar-refractivity contribution in [3.63, 3.8) is 0 Å². The minimum Gasteiger partial charge on any atom is -0.389 e. The van der Waals surface area contributed by atoms with Crippen LogP contribution in [0.25, 0.3) is 22.2 Å². The van der Waals surface area contributed by atoms with Crippen LogP contribution in [0.1, 0.15) is 0 Å². The highest BCUT2D eigenvalue weighted by Crippen LogP contribution is 2.36. The second-order valence-corrected chi connectivity index (χ2v) is 8.71. The molecular formula is C24H21BrFN7O3. The molecule has 10 nitrogen and oxygen atoms in total. The molecule has 0 atom stereocenters. The van der Waals surface area contributed by atoms with Crippen LogP contribution in [-0.2, 0) is 4.79 Å². The molecule has 2 aromatic carbocycles. The average Bonchev–Trinajstić information content (AvgIpc) is 2.84. The number of anilines is 2. The molecule has 36 heavy (non-hydrogen) atoms. The lowest BCUT2D eigenvalue weighted by Crippen LogP contribution is -2.46. The van der Waals surface area contributed by atoms with Crippen LogP contribution in [0.2, 0.25) is 0 Å². The first kappa shape index (κ1) is 24.9. The molecule has 12 heteroatoms. The van der Waals surface area contributed by atoms with Gasteiger partial charge in [-0.1, -0.05) is 34.1 Å². The van der Waals surface area contributed by atoms with Gasteiger partial charge in [-0.05, 0) is 50.5 Å². The maximum atomic E-state index is 13.2. The molecule has 0 aliphatic rings. The highest BCUT2D eigenvalue weighted by molar-refractivity contribution is 9.10. The van der Waals surface area contributed by atoms with Crippen molar-refractivity contribution < 1.29 is 18.7 Å². The number of hydrogen-bond donors (Lipinski definition) is 3. The van der Waals surface area contributed by atoms with E-state index in [1.807, 2.05) is 24.3 Å². The molecule has 0 saturated heterocycles. The molecule has 0 spiro atoms. The zero-order valence-electron chi connectivity index (χ0n) is 19.3. The average molecular weight is 554 g/mol. The van der Waals surface area contributed by atoms with E-state index >= 15 is 0 Å². The smallest absolute Gasteiger partial charge is 0.389 e. The van der Waals surface area contributed by atoms with E-state index in [2.05, 4.69) is 47.1 Å². The van der Waals surface area contributed by atoms with Gasteiger partial charge in [-0.15, -0.1) is 0 Å². The SMILES string of the molecule is CN(C)CC(=O)NNC(=O)Oc1nc2nc(Nc3ccc(F)cc3)ncc2cc1-c1ccccc1Br. The van der Waals surface area contributed by atoms with Crippen molar-refractivity contribution in [1.82, 2.24) is 30.7 Å². The lowest BCUT2D eigenvalue weighted by atomic mass is 10.1. The summed E-state index contributed by atoms with van der Waals surface area (Å²) in [5.41, 5.74) is 6.56. The number of fused-ring (bicyclic) bond motifs is 1. The van der Waals surface area contributed by atoms with Crippen molar-refractivity contribution in [1.29, 1.82) is 0 Å². The molecule has 2 heterocycles. The second-order valence-electron chi connectivity index (χ2n) is 7.86. The molecule has 184 valence electrons. The van der Waals surface area contributed by atoms with Gasteiger partial charge >= 0.3 is 6.09 Å². The van der Waals surface area contributed by atoms with E-state index in [1.54, 1.807) is 43.4 Å². The zero-order chi connectivity index (χ0) is 25.7. The highest BCUT2D eigenvalue weighted by atomic mass is 79.9. The van der Waals surface area contributed by atoms with Gasteiger partial charge in [0.2, 0.25) is 11.8 Å². The van der Waals surface area contributed by atoms with E-state index in [9.17, 15) is 14.0 Å². The fourth-order valence-electron chi connectivity index (χ4n) is 3.18. The van der Waals surface area contributed by atoms with Crippen LogP contribution in [0.5, 0.6) is 5.88 Å². The van der Waals surface area contributed by atoms with Crippen LogP contribution in [0.15, 0.2) is 65.3 Å². The van der Waals surface area contributed by atoms with Crippen LogP contribution < -0.4 is 20.9 Å². The van der Waals surface area contributed by atoms with Crippen molar-refractivity contribution in [3.05, 3.63) is 71.1 Å². The van der Waals surface area contributed by atoms with Crippen LogP contribution in [0.4, 0.5) is 20.8 Å². The maximum absolute atomic E-state index is 13.2. The van der Waals surface area contributed by atoms with Crippen molar-refractivity contribution in [3.8, 4) is 17.0 Å². The second kappa shape index (κ2) is 11.1. The number of rotatable bonds is 6. The van der Waals surface area contributed by atoms with Gasteiger partial charge in [0, 0.05) is 32.9 Å². The third-order valence-electron chi connectivity index (χ3n) is 4.75. The largest absolute Gasteiger partial charge is 0.432 e. The summed E-state index contributed by atoms with van der Waals surface area (Å²) >= 11 is 3.51. The fourth-order valence-corrected chi connectivity index (χ4v) is 3.68. The quantitative estimate of drug-likeness (QED) is 0.306. The summed E-state index contributed by atoms with van der Waals surface area (Å²) < 4.78 is 19.4. The molecule has 4 rings (SSSR count).